The Hall–Kier alpha value is -0.280. The van der Waals surface area contributed by atoms with E-state index in [0.29, 0.717) is 5.02 Å². The number of rotatable bonds is 3. The second kappa shape index (κ2) is 6.45. The summed E-state index contributed by atoms with van der Waals surface area (Å²) in [6, 6.07) is 5.20. The summed E-state index contributed by atoms with van der Waals surface area (Å²) >= 11 is 5.86. The minimum absolute atomic E-state index is 0. The van der Waals surface area contributed by atoms with Crippen molar-refractivity contribution in [3.63, 3.8) is 0 Å². The number of hydrogen-bond acceptors (Lipinski definition) is 2. The summed E-state index contributed by atoms with van der Waals surface area (Å²) in [4.78, 5) is 0. The van der Waals surface area contributed by atoms with E-state index in [-0.39, 0.29) is 24.4 Å². The van der Waals surface area contributed by atoms with E-state index in [1.807, 2.05) is 32.9 Å². The number of nitrogens with two attached hydrogens (primary N) is 1. The van der Waals surface area contributed by atoms with Gasteiger partial charge in [-0.1, -0.05) is 31.5 Å². The van der Waals surface area contributed by atoms with Crippen molar-refractivity contribution >= 4 is 24.0 Å². The van der Waals surface area contributed by atoms with Gasteiger partial charge in [0.05, 0.1) is 12.1 Å². The molecule has 0 aliphatic rings. The fraction of sp³-hybridized carbons (Fsp3) is 0.500. The lowest BCUT2D eigenvalue weighted by Crippen LogP contribution is -2.31. The first kappa shape index (κ1) is 15.7. The van der Waals surface area contributed by atoms with Crippen molar-refractivity contribution in [2.75, 3.05) is 0 Å². The van der Waals surface area contributed by atoms with Gasteiger partial charge in [0.2, 0.25) is 0 Å². The smallest absolute Gasteiger partial charge is 0.0755 e. The van der Waals surface area contributed by atoms with Gasteiger partial charge in [0.1, 0.15) is 0 Å². The number of aliphatic hydroxyl groups excluding tert-OH is 1. The molecule has 1 rings (SSSR count). The molecule has 0 aromatic heterocycles. The zero-order chi connectivity index (χ0) is 11.6. The molecule has 0 fully saturated rings. The minimum atomic E-state index is -0.523. The summed E-state index contributed by atoms with van der Waals surface area (Å²) in [6.45, 7) is 5.86. The lowest BCUT2D eigenvalue weighted by molar-refractivity contribution is 0.0977. The van der Waals surface area contributed by atoms with Crippen LogP contribution in [-0.4, -0.2) is 11.2 Å². The fourth-order valence-corrected chi connectivity index (χ4v) is 1.84. The van der Waals surface area contributed by atoms with Gasteiger partial charge in [-0.05, 0) is 36.1 Å². The maximum absolute atomic E-state index is 9.88. The van der Waals surface area contributed by atoms with Crippen LogP contribution in [0.2, 0.25) is 5.02 Å². The van der Waals surface area contributed by atoms with Gasteiger partial charge in [-0.25, -0.2) is 0 Å². The van der Waals surface area contributed by atoms with Crippen LogP contribution in [0.25, 0.3) is 0 Å². The summed E-state index contributed by atoms with van der Waals surface area (Å²) in [5, 5.41) is 10.6. The van der Waals surface area contributed by atoms with Gasteiger partial charge >= 0.3 is 0 Å². The zero-order valence-corrected chi connectivity index (χ0v) is 11.3. The Bertz CT molecular complexity index is 342. The van der Waals surface area contributed by atoms with Crippen molar-refractivity contribution in [2.45, 2.75) is 32.9 Å². The lowest BCUT2D eigenvalue weighted by atomic mass is 9.92. The average molecular weight is 264 g/mol. The van der Waals surface area contributed by atoms with Crippen LogP contribution in [0, 0.1) is 12.8 Å². The van der Waals surface area contributed by atoms with Crippen molar-refractivity contribution in [1.82, 2.24) is 0 Å². The van der Waals surface area contributed by atoms with Crippen LogP contribution in [0.15, 0.2) is 18.2 Å². The third kappa shape index (κ3) is 3.63. The van der Waals surface area contributed by atoms with Gasteiger partial charge in [-0.3, -0.25) is 0 Å². The molecule has 0 amide bonds. The van der Waals surface area contributed by atoms with E-state index in [1.54, 1.807) is 6.07 Å². The average Bonchev–Trinajstić information content (AvgIpc) is 2.15. The highest BCUT2D eigenvalue weighted by atomic mass is 35.5. The van der Waals surface area contributed by atoms with E-state index >= 15 is 0 Å². The normalized spacial score (nSPS) is 14.4. The lowest BCUT2D eigenvalue weighted by Gasteiger charge is -2.23. The first-order chi connectivity index (χ1) is 6.93. The highest BCUT2D eigenvalue weighted by molar-refractivity contribution is 6.30. The van der Waals surface area contributed by atoms with Gasteiger partial charge in [0.25, 0.3) is 0 Å². The van der Waals surface area contributed by atoms with Crippen molar-refractivity contribution in [1.29, 1.82) is 0 Å². The molecule has 1 aromatic carbocycles. The third-order valence-electron chi connectivity index (χ3n) is 2.64. The predicted molar refractivity (Wildman–Crippen MR) is 71.2 cm³/mol. The molecule has 0 saturated carbocycles. The molecule has 92 valence electrons. The summed E-state index contributed by atoms with van der Waals surface area (Å²) in [7, 11) is 0. The maximum atomic E-state index is 9.88. The molecule has 0 aliphatic heterocycles. The van der Waals surface area contributed by atoms with Crippen molar-refractivity contribution in [3.05, 3.63) is 34.3 Å². The molecule has 2 atom stereocenters. The molecule has 0 aliphatic carbocycles. The highest BCUT2D eigenvalue weighted by Gasteiger charge is 2.21. The molecule has 3 N–H and O–H groups in total. The monoisotopic (exact) mass is 263 g/mol. The van der Waals surface area contributed by atoms with Gasteiger partial charge in [0, 0.05) is 5.02 Å². The van der Waals surface area contributed by atoms with E-state index < -0.39 is 6.10 Å². The molecule has 1 aromatic rings. The first-order valence-electron chi connectivity index (χ1n) is 5.13. The molecule has 0 unspecified atom stereocenters. The molecular weight excluding hydrogens is 245 g/mol. The molecule has 4 heteroatoms. The number of hydrogen-bond donors (Lipinski definition) is 2. The Labute approximate surface area is 108 Å². The van der Waals surface area contributed by atoms with Crippen LogP contribution in [0.3, 0.4) is 0 Å². The van der Waals surface area contributed by atoms with Crippen molar-refractivity contribution < 1.29 is 5.11 Å². The van der Waals surface area contributed by atoms with Crippen LogP contribution in [0.5, 0.6) is 0 Å². The standard InChI is InChI=1S/C12H18ClNO.ClH/c1-7(2)12(15)11(14)10-5-4-9(13)6-8(10)3;/h4-7,11-12,15H,14H2,1-3H3;1H/t11-,12+;/m1./s1. The Morgan fingerprint density at radius 3 is 2.31 bits per heavy atom. The quantitative estimate of drug-likeness (QED) is 0.881. The first-order valence-corrected chi connectivity index (χ1v) is 5.51. The fourth-order valence-electron chi connectivity index (χ4n) is 1.61. The SMILES string of the molecule is Cc1cc(Cl)ccc1[C@@H](N)[C@@H](O)C(C)C.Cl. The van der Waals surface area contributed by atoms with E-state index in [2.05, 4.69) is 0 Å². The van der Waals surface area contributed by atoms with Gasteiger partial charge < -0.3 is 10.8 Å². The molecule has 0 bridgehead atoms. The van der Waals surface area contributed by atoms with E-state index in [4.69, 9.17) is 17.3 Å². The topological polar surface area (TPSA) is 46.2 Å². The predicted octanol–water partition coefficient (Wildman–Crippen LogP) is 3.09. The second-order valence-electron chi connectivity index (χ2n) is 4.26. The van der Waals surface area contributed by atoms with Gasteiger partial charge in [-0.2, -0.15) is 0 Å². The highest BCUT2D eigenvalue weighted by Crippen LogP contribution is 2.24. The van der Waals surface area contributed by atoms with Crippen molar-refractivity contribution in [3.8, 4) is 0 Å². The molecular formula is C12H19Cl2NO. The molecule has 0 radical (unpaired) electrons. The molecule has 0 saturated heterocycles. The van der Waals surface area contributed by atoms with Crippen molar-refractivity contribution in [2.24, 2.45) is 11.7 Å². The third-order valence-corrected chi connectivity index (χ3v) is 2.88. The Morgan fingerprint density at radius 2 is 1.88 bits per heavy atom. The van der Waals surface area contributed by atoms with E-state index in [0.717, 1.165) is 11.1 Å². The van der Waals surface area contributed by atoms with Crippen LogP contribution in [0.1, 0.15) is 31.0 Å². The number of halogens is 2. The summed E-state index contributed by atoms with van der Waals surface area (Å²) in [6.07, 6.45) is -0.523. The summed E-state index contributed by atoms with van der Waals surface area (Å²) in [5.41, 5.74) is 7.98. The van der Waals surface area contributed by atoms with Crippen LogP contribution in [-0.2, 0) is 0 Å². The van der Waals surface area contributed by atoms with Crippen LogP contribution in [0.4, 0.5) is 0 Å². The largest absolute Gasteiger partial charge is 0.391 e. The second-order valence-corrected chi connectivity index (χ2v) is 4.70. The number of aliphatic hydroxyl groups is 1. The summed E-state index contributed by atoms with van der Waals surface area (Å²) in [5.74, 6) is 0.148. The molecule has 2 nitrogen and oxygen atoms in total. The number of benzene rings is 1. The Morgan fingerprint density at radius 1 is 1.31 bits per heavy atom. The van der Waals surface area contributed by atoms with Gasteiger partial charge in [-0.15, -0.1) is 12.4 Å². The van der Waals surface area contributed by atoms with Gasteiger partial charge in [0.15, 0.2) is 0 Å². The van der Waals surface area contributed by atoms with Crippen LogP contribution < -0.4 is 5.73 Å². The Kier molecular flexibility index (Phi) is 6.34. The Balaban J connectivity index is 0.00000225. The minimum Gasteiger partial charge on any atom is -0.391 e. The van der Waals surface area contributed by atoms with E-state index in [9.17, 15) is 5.11 Å². The maximum Gasteiger partial charge on any atom is 0.0755 e. The molecule has 0 spiro atoms. The number of aryl methyl sites for hydroxylation is 1. The van der Waals surface area contributed by atoms with E-state index in [1.165, 1.54) is 0 Å². The molecule has 0 heterocycles. The zero-order valence-electron chi connectivity index (χ0n) is 9.77. The van der Waals surface area contributed by atoms with Crippen LogP contribution >= 0.6 is 24.0 Å². The summed E-state index contributed by atoms with van der Waals surface area (Å²) < 4.78 is 0. The molecule has 16 heavy (non-hydrogen) atoms.